The Morgan fingerprint density at radius 1 is 1.32 bits per heavy atom. The van der Waals surface area contributed by atoms with Gasteiger partial charge in [0.2, 0.25) is 0 Å². The zero-order chi connectivity index (χ0) is 15.2. The molecule has 0 radical (unpaired) electrons. The lowest BCUT2D eigenvalue weighted by Crippen LogP contribution is -2.40. The van der Waals surface area contributed by atoms with Crippen LogP contribution in [-0.4, -0.2) is 46.0 Å². The van der Waals surface area contributed by atoms with E-state index in [2.05, 4.69) is 15.1 Å². The van der Waals surface area contributed by atoms with Crippen LogP contribution in [0.5, 0.6) is 5.75 Å². The molecule has 0 bridgehead atoms. The van der Waals surface area contributed by atoms with Gasteiger partial charge in [-0.1, -0.05) is 24.6 Å². The molecule has 0 unspecified atom stereocenters. The predicted molar refractivity (Wildman–Crippen MR) is 84.7 cm³/mol. The minimum atomic E-state index is -0.493. The first kappa shape index (κ1) is 15.1. The van der Waals surface area contributed by atoms with Gasteiger partial charge in [0, 0.05) is 24.3 Å². The summed E-state index contributed by atoms with van der Waals surface area (Å²) in [6, 6.07) is 9.97. The van der Waals surface area contributed by atoms with E-state index >= 15 is 0 Å². The van der Waals surface area contributed by atoms with Crippen molar-refractivity contribution in [3.05, 3.63) is 48.3 Å². The summed E-state index contributed by atoms with van der Waals surface area (Å²) in [5.74, 6) is 0.798. The molecule has 1 aliphatic rings. The number of aromatic nitrogens is 2. The van der Waals surface area contributed by atoms with E-state index in [-0.39, 0.29) is 0 Å². The second-order valence-electron chi connectivity index (χ2n) is 5.82. The van der Waals surface area contributed by atoms with Crippen LogP contribution >= 0.6 is 0 Å². The Hall–Kier alpha value is -1.85. The lowest BCUT2D eigenvalue weighted by atomic mass is 9.97. The van der Waals surface area contributed by atoms with Gasteiger partial charge >= 0.3 is 0 Å². The molecule has 2 atom stereocenters. The first-order chi connectivity index (χ1) is 10.8. The van der Waals surface area contributed by atoms with Gasteiger partial charge in [-0.05, 0) is 31.5 Å². The summed E-state index contributed by atoms with van der Waals surface area (Å²) in [4.78, 5) is 2.34. The second-order valence-corrected chi connectivity index (χ2v) is 5.82. The number of aliphatic hydroxyl groups is 1. The Kier molecular flexibility index (Phi) is 5.08. The number of aliphatic hydroxyl groups excluding tert-OH is 1. The average molecular weight is 301 g/mol. The normalized spacial score (nSPS) is 20.7. The van der Waals surface area contributed by atoms with Crippen molar-refractivity contribution in [2.45, 2.75) is 31.4 Å². The molecule has 5 nitrogen and oxygen atoms in total. The maximum Gasteiger partial charge on any atom is 0.119 e. The van der Waals surface area contributed by atoms with E-state index in [4.69, 9.17) is 4.74 Å². The highest BCUT2D eigenvalue weighted by Crippen LogP contribution is 2.30. The molecule has 0 saturated carbocycles. The van der Waals surface area contributed by atoms with Gasteiger partial charge in [-0.3, -0.25) is 10.00 Å². The Balaban J connectivity index is 1.54. The number of hydrogen-bond donors (Lipinski definition) is 2. The van der Waals surface area contributed by atoms with Gasteiger partial charge in [0.15, 0.2) is 0 Å². The molecule has 2 heterocycles. The van der Waals surface area contributed by atoms with Gasteiger partial charge in [0.25, 0.3) is 0 Å². The predicted octanol–water partition coefficient (Wildman–Crippen LogP) is 2.38. The minimum Gasteiger partial charge on any atom is -0.491 e. The minimum absolute atomic E-state index is 0.318. The maximum atomic E-state index is 10.3. The van der Waals surface area contributed by atoms with Gasteiger partial charge in [-0.15, -0.1) is 0 Å². The van der Waals surface area contributed by atoms with Crippen LogP contribution in [0.15, 0.2) is 42.7 Å². The van der Waals surface area contributed by atoms with E-state index in [0.717, 1.165) is 18.7 Å². The Morgan fingerprint density at radius 3 is 2.95 bits per heavy atom. The Bertz CT molecular complexity index is 544. The fourth-order valence-electron chi connectivity index (χ4n) is 3.06. The van der Waals surface area contributed by atoms with E-state index in [0.29, 0.717) is 19.2 Å². The molecular formula is C17H23N3O2. The number of likely N-dealkylation sites (tertiary alicyclic amines) is 1. The van der Waals surface area contributed by atoms with Crippen molar-refractivity contribution < 1.29 is 9.84 Å². The molecule has 1 fully saturated rings. The third kappa shape index (κ3) is 3.87. The fraction of sp³-hybridized carbons (Fsp3) is 0.471. The number of hydrogen-bond acceptors (Lipinski definition) is 4. The summed E-state index contributed by atoms with van der Waals surface area (Å²) in [7, 11) is 0. The zero-order valence-corrected chi connectivity index (χ0v) is 12.7. The van der Waals surface area contributed by atoms with Crippen molar-refractivity contribution in [2.75, 3.05) is 19.7 Å². The number of ether oxygens (including phenoxy) is 1. The van der Waals surface area contributed by atoms with Crippen molar-refractivity contribution >= 4 is 0 Å². The third-order valence-electron chi connectivity index (χ3n) is 4.15. The lowest BCUT2D eigenvalue weighted by molar-refractivity contribution is 0.0393. The second kappa shape index (κ2) is 7.42. The number of aromatic amines is 1. The lowest BCUT2D eigenvalue weighted by Gasteiger charge is -2.36. The zero-order valence-electron chi connectivity index (χ0n) is 12.7. The third-order valence-corrected chi connectivity index (χ3v) is 4.15. The molecule has 0 aliphatic carbocycles. The molecule has 1 aromatic carbocycles. The van der Waals surface area contributed by atoms with Crippen LogP contribution in [-0.2, 0) is 0 Å². The molecule has 1 saturated heterocycles. The molecule has 22 heavy (non-hydrogen) atoms. The fourth-order valence-corrected chi connectivity index (χ4v) is 3.06. The number of nitrogens with one attached hydrogen (secondary N) is 1. The van der Waals surface area contributed by atoms with Gasteiger partial charge in [-0.25, -0.2) is 0 Å². The highest BCUT2D eigenvalue weighted by atomic mass is 16.5. The van der Waals surface area contributed by atoms with E-state index in [1.54, 1.807) is 0 Å². The molecule has 1 aliphatic heterocycles. The highest BCUT2D eigenvalue weighted by molar-refractivity contribution is 5.20. The topological polar surface area (TPSA) is 61.4 Å². The standard InChI is InChI=1S/C17H23N3O2/c21-15(13-22-16-6-2-1-3-7-16)12-20-9-5-4-8-17(20)14-10-18-19-11-14/h1-3,6-7,10-11,15,17,21H,4-5,8-9,12-13H2,(H,18,19)/t15-,17+/m0/s1. The van der Waals surface area contributed by atoms with E-state index in [1.165, 1.54) is 18.4 Å². The highest BCUT2D eigenvalue weighted by Gasteiger charge is 2.26. The van der Waals surface area contributed by atoms with Gasteiger partial charge in [0.05, 0.1) is 6.20 Å². The van der Waals surface area contributed by atoms with E-state index in [9.17, 15) is 5.11 Å². The summed E-state index contributed by atoms with van der Waals surface area (Å²) >= 11 is 0. The van der Waals surface area contributed by atoms with Crippen molar-refractivity contribution in [1.29, 1.82) is 0 Å². The summed E-state index contributed by atoms with van der Waals surface area (Å²) < 4.78 is 5.64. The molecule has 2 N–H and O–H groups in total. The molecule has 5 heteroatoms. The number of para-hydroxylation sites is 1. The van der Waals surface area contributed by atoms with Crippen molar-refractivity contribution in [3.8, 4) is 5.75 Å². The number of β-amino-alcohol motifs (C(OH)–C–C–N with tert-alkyl or cyclic N) is 1. The summed E-state index contributed by atoms with van der Waals surface area (Å²) in [5, 5.41) is 17.2. The van der Waals surface area contributed by atoms with Crippen LogP contribution in [0, 0.1) is 0 Å². The SMILES string of the molecule is O[C@H](COc1ccccc1)CN1CCCC[C@@H]1c1cn[nH]c1. The van der Waals surface area contributed by atoms with Gasteiger partial charge in [0.1, 0.15) is 18.5 Å². The van der Waals surface area contributed by atoms with E-state index < -0.39 is 6.10 Å². The molecule has 0 spiro atoms. The first-order valence-electron chi connectivity index (χ1n) is 7.91. The molecule has 2 aromatic rings. The van der Waals surface area contributed by atoms with Gasteiger partial charge < -0.3 is 9.84 Å². The molecule has 1 aromatic heterocycles. The summed E-state index contributed by atoms with van der Waals surface area (Å²) in [6.45, 7) is 1.96. The molecule has 118 valence electrons. The van der Waals surface area contributed by atoms with Gasteiger partial charge in [-0.2, -0.15) is 5.10 Å². The number of H-pyrrole nitrogens is 1. The van der Waals surface area contributed by atoms with Crippen LogP contribution in [0.3, 0.4) is 0 Å². The molecular weight excluding hydrogens is 278 g/mol. The average Bonchev–Trinajstić information content (AvgIpc) is 3.09. The van der Waals surface area contributed by atoms with Crippen molar-refractivity contribution in [2.24, 2.45) is 0 Å². The van der Waals surface area contributed by atoms with Crippen LogP contribution in [0.4, 0.5) is 0 Å². The summed E-state index contributed by atoms with van der Waals surface area (Å²) in [6.07, 6.45) is 6.87. The Labute approximate surface area is 130 Å². The monoisotopic (exact) mass is 301 g/mol. The smallest absolute Gasteiger partial charge is 0.119 e. The van der Waals surface area contributed by atoms with Crippen molar-refractivity contribution in [3.63, 3.8) is 0 Å². The number of rotatable bonds is 6. The number of benzene rings is 1. The quantitative estimate of drug-likeness (QED) is 0.860. The van der Waals surface area contributed by atoms with E-state index in [1.807, 2.05) is 42.7 Å². The largest absolute Gasteiger partial charge is 0.491 e. The van der Waals surface area contributed by atoms with Crippen LogP contribution < -0.4 is 4.74 Å². The molecule has 0 amide bonds. The molecule has 3 rings (SSSR count). The summed E-state index contributed by atoms with van der Waals surface area (Å²) in [5.41, 5.74) is 1.20. The number of piperidine rings is 1. The van der Waals surface area contributed by atoms with Crippen LogP contribution in [0.2, 0.25) is 0 Å². The maximum absolute atomic E-state index is 10.3. The van der Waals surface area contributed by atoms with Crippen molar-refractivity contribution in [1.82, 2.24) is 15.1 Å². The van der Waals surface area contributed by atoms with Crippen LogP contribution in [0.25, 0.3) is 0 Å². The van der Waals surface area contributed by atoms with Crippen LogP contribution in [0.1, 0.15) is 30.9 Å². The Morgan fingerprint density at radius 2 is 2.18 bits per heavy atom. The first-order valence-corrected chi connectivity index (χ1v) is 7.91. The number of nitrogens with zero attached hydrogens (tertiary/aromatic N) is 2.